The van der Waals surface area contributed by atoms with Crippen molar-refractivity contribution in [2.24, 2.45) is 11.7 Å². The van der Waals surface area contributed by atoms with Crippen LogP contribution in [0.1, 0.15) is 24.5 Å². The highest BCUT2D eigenvalue weighted by atomic mass is 15.1. The normalized spacial score (nSPS) is 19.0. The van der Waals surface area contributed by atoms with E-state index in [9.17, 15) is 0 Å². The number of likely N-dealkylation sites (tertiary alicyclic amines) is 1. The molecule has 2 nitrogen and oxygen atoms in total. The predicted octanol–water partition coefficient (Wildman–Crippen LogP) is 3.65. The monoisotopic (exact) mass is 280 g/mol. The standard InChI is InChI=1S/C19H24N2/c1-15-10-11-21(13-15)14-16-6-8-17(9-7-16)19-5-3-2-4-18(19)12-20/h2-9,15H,10-14,20H2,1H3. The highest BCUT2D eigenvalue weighted by Gasteiger charge is 2.18. The van der Waals surface area contributed by atoms with Crippen LogP contribution < -0.4 is 5.73 Å². The Labute approximate surface area is 127 Å². The highest BCUT2D eigenvalue weighted by molar-refractivity contribution is 5.67. The molecule has 0 spiro atoms. The molecule has 0 aromatic heterocycles. The van der Waals surface area contributed by atoms with Gasteiger partial charge in [-0.05, 0) is 41.1 Å². The summed E-state index contributed by atoms with van der Waals surface area (Å²) in [4.78, 5) is 2.55. The molecule has 1 heterocycles. The van der Waals surface area contributed by atoms with Gasteiger partial charge in [0.1, 0.15) is 0 Å². The average molecular weight is 280 g/mol. The van der Waals surface area contributed by atoms with Crippen molar-refractivity contribution in [3.8, 4) is 11.1 Å². The summed E-state index contributed by atoms with van der Waals surface area (Å²) < 4.78 is 0. The quantitative estimate of drug-likeness (QED) is 0.926. The highest BCUT2D eigenvalue weighted by Crippen LogP contribution is 2.25. The molecule has 2 aromatic carbocycles. The van der Waals surface area contributed by atoms with Gasteiger partial charge in [-0.1, -0.05) is 55.5 Å². The molecule has 3 rings (SSSR count). The van der Waals surface area contributed by atoms with Crippen LogP contribution in [-0.4, -0.2) is 18.0 Å². The third-order valence-electron chi connectivity index (χ3n) is 4.42. The number of nitrogens with zero attached hydrogens (tertiary/aromatic N) is 1. The molecule has 0 bridgehead atoms. The van der Waals surface area contributed by atoms with E-state index >= 15 is 0 Å². The van der Waals surface area contributed by atoms with Crippen molar-refractivity contribution in [2.45, 2.75) is 26.4 Å². The molecular formula is C19H24N2. The van der Waals surface area contributed by atoms with E-state index < -0.39 is 0 Å². The van der Waals surface area contributed by atoms with Crippen LogP contribution in [-0.2, 0) is 13.1 Å². The van der Waals surface area contributed by atoms with Crippen molar-refractivity contribution < 1.29 is 0 Å². The van der Waals surface area contributed by atoms with Crippen LogP contribution >= 0.6 is 0 Å². The van der Waals surface area contributed by atoms with E-state index in [0.717, 1.165) is 12.5 Å². The summed E-state index contributed by atoms with van der Waals surface area (Å²) >= 11 is 0. The van der Waals surface area contributed by atoms with Gasteiger partial charge in [-0.15, -0.1) is 0 Å². The molecule has 1 saturated heterocycles. The number of rotatable bonds is 4. The van der Waals surface area contributed by atoms with E-state index in [2.05, 4.69) is 60.4 Å². The Kier molecular flexibility index (Phi) is 4.37. The first kappa shape index (κ1) is 14.3. The summed E-state index contributed by atoms with van der Waals surface area (Å²) in [6.45, 7) is 6.47. The maximum Gasteiger partial charge on any atom is 0.0233 e. The second-order valence-corrected chi connectivity index (χ2v) is 6.19. The first-order chi connectivity index (χ1) is 10.3. The Hall–Kier alpha value is -1.64. The van der Waals surface area contributed by atoms with Gasteiger partial charge in [-0.3, -0.25) is 4.90 Å². The maximum absolute atomic E-state index is 5.83. The van der Waals surface area contributed by atoms with Crippen LogP contribution in [0.25, 0.3) is 11.1 Å². The van der Waals surface area contributed by atoms with Gasteiger partial charge in [-0.25, -0.2) is 0 Å². The predicted molar refractivity (Wildman–Crippen MR) is 88.8 cm³/mol. The van der Waals surface area contributed by atoms with E-state index in [1.807, 2.05) is 0 Å². The molecule has 0 radical (unpaired) electrons. The summed E-state index contributed by atoms with van der Waals surface area (Å²) in [5.41, 5.74) is 11.0. The van der Waals surface area contributed by atoms with Crippen molar-refractivity contribution >= 4 is 0 Å². The van der Waals surface area contributed by atoms with E-state index in [1.54, 1.807) is 0 Å². The summed E-state index contributed by atoms with van der Waals surface area (Å²) in [7, 11) is 0. The van der Waals surface area contributed by atoms with Crippen LogP contribution in [0.2, 0.25) is 0 Å². The third-order valence-corrected chi connectivity index (χ3v) is 4.42. The molecule has 21 heavy (non-hydrogen) atoms. The Morgan fingerprint density at radius 2 is 1.86 bits per heavy atom. The zero-order valence-corrected chi connectivity index (χ0v) is 12.8. The van der Waals surface area contributed by atoms with E-state index in [-0.39, 0.29) is 0 Å². The largest absolute Gasteiger partial charge is 0.326 e. The Morgan fingerprint density at radius 1 is 1.10 bits per heavy atom. The SMILES string of the molecule is CC1CCN(Cc2ccc(-c3ccccc3CN)cc2)C1. The first-order valence-corrected chi connectivity index (χ1v) is 7.86. The van der Waals surface area contributed by atoms with Crippen LogP contribution in [0.3, 0.4) is 0 Å². The second-order valence-electron chi connectivity index (χ2n) is 6.19. The van der Waals surface area contributed by atoms with Gasteiger partial charge in [0, 0.05) is 19.6 Å². The minimum Gasteiger partial charge on any atom is -0.326 e. The van der Waals surface area contributed by atoms with Gasteiger partial charge in [-0.2, -0.15) is 0 Å². The molecule has 0 amide bonds. The van der Waals surface area contributed by atoms with Crippen LogP contribution in [0.5, 0.6) is 0 Å². The number of hydrogen-bond acceptors (Lipinski definition) is 2. The molecular weight excluding hydrogens is 256 g/mol. The van der Waals surface area contributed by atoms with Crippen molar-refractivity contribution in [2.75, 3.05) is 13.1 Å². The van der Waals surface area contributed by atoms with Gasteiger partial charge in [0.15, 0.2) is 0 Å². The fourth-order valence-corrected chi connectivity index (χ4v) is 3.20. The fraction of sp³-hybridized carbons (Fsp3) is 0.368. The second kappa shape index (κ2) is 6.42. The fourth-order valence-electron chi connectivity index (χ4n) is 3.20. The van der Waals surface area contributed by atoms with Gasteiger partial charge in [0.25, 0.3) is 0 Å². The topological polar surface area (TPSA) is 29.3 Å². The molecule has 2 N–H and O–H groups in total. The summed E-state index contributed by atoms with van der Waals surface area (Å²) in [6.07, 6.45) is 1.34. The Morgan fingerprint density at radius 3 is 2.52 bits per heavy atom. The summed E-state index contributed by atoms with van der Waals surface area (Å²) in [5.74, 6) is 0.848. The van der Waals surface area contributed by atoms with Crippen molar-refractivity contribution in [3.05, 3.63) is 59.7 Å². The van der Waals surface area contributed by atoms with Crippen molar-refractivity contribution in [1.82, 2.24) is 4.90 Å². The minimum absolute atomic E-state index is 0.587. The van der Waals surface area contributed by atoms with Gasteiger partial charge in [0.2, 0.25) is 0 Å². The molecule has 2 aromatic rings. The Balaban J connectivity index is 1.74. The first-order valence-electron chi connectivity index (χ1n) is 7.86. The van der Waals surface area contributed by atoms with Gasteiger partial charge >= 0.3 is 0 Å². The molecule has 1 aliphatic heterocycles. The summed E-state index contributed by atoms with van der Waals surface area (Å²) in [5, 5.41) is 0. The lowest BCUT2D eigenvalue weighted by molar-refractivity contribution is 0.320. The molecule has 1 aliphatic rings. The van der Waals surface area contributed by atoms with Gasteiger partial charge < -0.3 is 5.73 Å². The van der Waals surface area contributed by atoms with E-state index in [4.69, 9.17) is 5.73 Å². The zero-order chi connectivity index (χ0) is 14.7. The lowest BCUT2D eigenvalue weighted by Crippen LogP contribution is -2.19. The average Bonchev–Trinajstić information content (AvgIpc) is 2.93. The van der Waals surface area contributed by atoms with Crippen LogP contribution in [0, 0.1) is 5.92 Å². The number of hydrogen-bond donors (Lipinski definition) is 1. The lowest BCUT2D eigenvalue weighted by Gasteiger charge is -2.15. The molecule has 0 aliphatic carbocycles. The lowest BCUT2D eigenvalue weighted by atomic mass is 9.98. The smallest absolute Gasteiger partial charge is 0.0233 e. The van der Waals surface area contributed by atoms with Gasteiger partial charge in [0.05, 0.1) is 0 Å². The zero-order valence-electron chi connectivity index (χ0n) is 12.8. The number of nitrogens with two attached hydrogens (primary N) is 1. The molecule has 0 saturated carbocycles. The van der Waals surface area contributed by atoms with E-state index in [1.165, 1.54) is 41.8 Å². The molecule has 1 atom stereocenters. The van der Waals surface area contributed by atoms with Crippen LogP contribution in [0.15, 0.2) is 48.5 Å². The number of benzene rings is 2. The minimum atomic E-state index is 0.587. The third kappa shape index (κ3) is 3.34. The molecule has 110 valence electrons. The van der Waals surface area contributed by atoms with Crippen molar-refractivity contribution in [1.29, 1.82) is 0 Å². The summed E-state index contributed by atoms with van der Waals surface area (Å²) in [6, 6.07) is 17.3. The maximum atomic E-state index is 5.83. The molecule has 1 fully saturated rings. The van der Waals surface area contributed by atoms with Crippen LogP contribution in [0.4, 0.5) is 0 Å². The molecule has 1 unspecified atom stereocenters. The van der Waals surface area contributed by atoms with E-state index in [0.29, 0.717) is 6.54 Å². The Bertz CT molecular complexity index is 589. The van der Waals surface area contributed by atoms with Crippen molar-refractivity contribution in [3.63, 3.8) is 0 Å². The molecule has 2 heteroatoms.